The minimum Gasteiger partial charge on any atom is -0.340 e. The third-order valence-electron chi connectivity index (χ3n) is 4.52. The van der Waals surface area contributed by atoms with E-state index in [1.807, 2.05) is 0 Å². The second-order valence-corrected chi connectivity index (χ2v) is 7.76. The van der Waals surface area contributed by atoms with Crippen LogP contribution in [0.15, 0.2) is 41.6 Å². The first-order valence-electron chi connectivity index (χ1n) is 8.77. The largest absolute Gasteiger partial charge is 0.495 e. The molecular formula is C18H16F3N3O6S. The van der Waals surface area contributed by atoms with Crippen LogP contribution < -0.4 is 11.1 Å². The third-order valence-corrected chi connectivity index (χ3v) is 5.94. The van der Waals surface area contributed by atoms with E-state index in [1.165, 1.54) is 18.7 Å². The van der Waals surface area contributed by atoms with Gasteiger partial charge in [-0.2, -0.15) is 13.2 Å². The zero-order chi connectivity index (χ0) is 22.9. The van der Waals surface area contributed by atoms with E-state index in [4.69, 9.17) is 5.73 Å². The van der Waals surface area contributed by atoms with Crippen molar-refractivity contribution < 1.29 is 42.1 Å². The summed E-state index contributed by atoms with van der Waals surface area (Å²) in [5.41, 5.74) is 6.43. The van der Waals surface area contributed by atoms with E-state index < -0.39 is 47.4 Å². The van der Waals surface area contributed by atoms with E-state index in [0.29, 0.717) is 11.1 Å². The molecule has 0 saturated carbocycles. The molecule has 31 heavy (non-hydrogen) atoms. The maximum Gasteiger partial charge on any atom is 0.495 e. The molecule has 1 fully saturated rings. The summed E-state index contributed by atoms with van der Waals surface area (Å²) in [6.07, 6.45) is -5.35. The number of carbonyl (C=O) groups is 4. The maximum atomic E-state index is 12.6. The molecule has 3 rings (SSSR count). The SMILES string of the molecule is CC1=C(C(=O)OOC(=O)C(F)(F)F)N2C(=O)[C@@H](NC(=O)[C@H](N)c3ccccc3)[C@H]2SC1. The van der Waals surface area contributed by atoms with Crippen LogP contribution in [0.5, 0.6) is 0 Å². The summed E-state index contributed by atoms with van der Waals surface area (Å²) in [5.74, 6) is -5.21. The number of halogens is 3. The number of hydrogen-bond donors (Lipinski definition) is 2. The lowest BCUT2D eigenvalue weighted by Crippen LogP contribution is -2.71. The number of thioether (sulfide) groups is 1. The molecule has 2 amide bonds. The lowest BCUT2D eigenvalue weighted by atomic mass is 10.0. The van der Waals surface area contributed by atoms with Gasteiger partial charge in [-0.25, -0.2) is 19.4 Å². The van der Waals surface area contributed by atoms with Crippen molar-refractivity contribution in [3.8, 4) is 0 Å². The van der Waals surface area contributed by atoms with Gasteiger partial charge in [0, 0.05) is 5.75 Å². The summed E-state index contributed by atoms with van der Waals surface area (Å²) >= 11 is 1.23. The average molecular weight is 459 g/mol. The highest BCUT2D eigenvalue weighted by Crippen LogP contribution is 2.40. The third kappa shape index (κ3) is 4.51. The molecule has 0 radical (unpaired) electrons. The molecule has 2 aliphatic heterocycles. The molecule has 1 saturated heterocycles. The van der Waals surface area contributed by atoms with Crippen LogP contribution in [0.3, 0.4) is 0 Å². The molecule has 0 unspecified atom stereocenters. The van der Waals surface area contributed by atoms with E-state index in [2.05, 4.69) is 15.1 Å². The lowest BCUT2D eigenvalue weighted by Gasteiger charge is -2.49. The summed E-state index contributed by atoms with van der Waals surface area (Å²) in [6, 6.07) is 6.43. The van der Waals surface area contributed by atoms with E-state index in [0.717, 1.165) is 4.90 Å². The Morgan fingerprint density at radius 3 is 2.48 bits per heavy atom. The van der Waals surface area contributed by atoms with Gasteiger partial charge in [-0.15, -0.1) is 11.8 Å². The molecule has 166 valence electrons. The second-order valence-electron chi connectivity index (χ2n) is 6.65. The summed E-state index contributed by atoms with van der Waals surface area (Å²) < 4.78 is 36.6. The molecule has 2 heterocycles. The number of rotatable bonds is 4. The Balaban J connectivity index is 1.66. The molecule has 9 nitrogen and oxygen atoms in total. The molecule has 0 aliphatic carbocycles. The van der Waals surface area contributed by atoms with Crippen LogP contribution >= 0.6 is 11.8 Å². The van der Waals surface area contributed by atoms with E-state index in [9.17, 15) is 32.3 Å². The maximum absolute atomic E-state index is 12.6. The van der Waals surface area contributed by atoms with Crippen molar-refractivity contribution in [3.63, 3.8) is 0 Å². The van der Waals surface area contributed by atoms with Crippen LogP contribution in [0, 0.1) is 0 Å². The van der Waals surface area contributed by atoms with Crippen molar-refractivity contribution in [1.29, 1.82) is 0 Å². The Hall–Kier alpha value is -3.06. The van der Waals surface area contributed by atoms with Gasteiger partial charge in [0.25, 0.3) is 5.91 Å². The molecule has 13 heteroatoms. The highest BCUT2D eigenvalue weighted by Gasteiger charge is 2.54. The van der Waals surface area contributed by atoms with E-state index in [-0.39, 0.29) is 11.4 Å². The standard InChI is InChI=1S/C18H16F3N3O6S/c1-8-7-31-15-11(23-13(25)10(22)9-5-3-2-4-6-9)14(26)24(15)12(8)16(27)29-30-17(28)18(19,20)21/h2-6,10-11,15H,7,22H2,1H3,(H,23,25)/t10-,11-,15-/m1/s1. The fourth-order valence-electron chi connectivity index (χ4n) is 2.98. The Morgan fingerprint density at radius 1 is 1.23 bits per heavy atom. The van der Waals surface area contributed by atoms with Gasteiger partial charge in [0.1, 0.15) is 23.2 Å². The Kier molecular flexibility index (Phi) is 6.27. The number of nitrogens with zero attached hydrogens (tertiary/aromatic N) is 1. The van der Waals surface area contributed by atoms with Gasteiger partial charge in [-0.3, -0.25) is 14.5 Å². The Labute approximate surface area is 177 Å². The normalized spacial score (nSPS) is 21.6. The highest BCUT2D eigenvalue weighted by atomic mass is 32.2. The molecule has 3 N–H and O–H groups in total. The fraction of sp³-hybridized carbons (Fsp3) is 0.333. The van der Waals surface area contributed by atoms with Gasteiger partial charge < -0.3 is 11.1 Å². The van der Waals surface area contributed by atoms with Crippen LogP contribution in [-0.4, -0.2) is 52.0 Å². The number of benzene rings is 1. The van der Waals surface area contributed by atoms with Crippen molar-refractivity contribution in [3.05, 3.63) is 47.2 Å². The van der Waals surface area contributed by atoms with Crippen molar-refractivity contribution in [2.24, 2.45) is 5.73 Å². The van der Waals surface area contributed by atoms with E-state index >= 15 is 0 Å². The van der Waals surface area contributed by atoms with Gasteiger partial charge in [-0.1, -0.05) is 30.3 Å². The van der Waals surface area contributed by atoms with Crippen LogP contribution in [0.2, 0.25) is 0 Å². The quantitative estimate of drug-likeness (QED) is 0.387. The van der Waals surface area contributed by atoms with Crippen LogP contribution in [0.4, 0.5) is 13.2 Å². The minimum atomic E-state index is -5.35. The number of hydrogen-bond acceptors (Lipinski definition) is 8. The molecule has 1 aromatic carbocycles. The summed E-state index contributed by atoms with van der Waals surface area (Å²) in [6.45, 7) is 1.47. The molecule has 3 atom stereocenters. The number of alkyl halides is 3. The van der Waals surface area contributed by atoms with E-state index in [1.54, 1.807) is 30.3 Å². The molecule has 1 aromatic rings. The minimum absolute atomic E-state index is 0.225. The number of fused-ring (bicyclic) bond motifs is 1. The zero-order valence-corrected chi connectivity index (χ0v) is 16.7. The molecule has 0 aromatic heterocycles. The lowest BCUT2D eigenvalue weighted by molar-refractivity contribution is -0.284. The predicted molar refractivity (Wildman–Crippen MR) is 99.3 cm³/mol. The van der Waals surface area contributed by atoms with Gasteiger partial charge in [0.2, 0.25) is 5.91 Å². The highest BCUT2D eigenvalue weighted by molar-refractivity contribution is 8.00. The first kappa shape index (κ1) is 22.6. The van der Waals surface area contributed by atoms with Gasteiger partial charge >= 0.3 is 18.1 Å². The van der Waals surface area contributed by atoms with Gasteiger partial charge in [0.15, 0.2) is 0 Å². The monoisotopic (exact) mass is 459 g/mol. The van der Waals surface area contributed by atoms with Gasteiger partial charge in [0.05, 0.1) is 0 Å². The number of amides is 2. The summed E-state index contributed by atoms with van der Waals surface area (Å²) in [5, 5.41) is 1.82. The number of nitrogens with two attached hydrogens (primary N) is 1. The number of carbonyl (C=O) groups excluding carboxylic acids is 4. The van der Waals surface area contributed by atoms with Crippen molar-refractivity contribution in [2.75, 3.05) is 5.75 Å². The fourth-order valence-corrected chi connectivity index (χ4v) is 4.27. The van der Waals surface area contributed by atoms with Gasteiger partial charge in [-0.05, 0) is 18.1 Å². The molecular weight excluding hydrogens is 443 g/mol. The Bertz CT molecular complexity index is 953. The second kappa shape index (κ2) is 8.59. The first-order valence-corrected chi connectivity index (χ1v) is 9.82. The first-order chi connectivity index (χ1) is 14.5. The summed E-state index contributed by atoms with van der Waals surface area (Å²) in [7, 11) is 0. The summed E-state index contributed by atoms with van der Waals surface area (Å²) in [4.78, 5) is 56.4. The molecule has 2 aliphatic rings. The van der Waals surface area contributed by atoms with Crippen molar-refractivity contribution >= 4 is 35.5 Å². The number of β-lactam (4-membered cyclic amide) rings is 1. The van der Waals surface area contributed by atoms with Crippen LogP contribution in [0.25, 0.3) is 0 Å². The Morgan fingerprint density at radius 2 is 1.87 bits per heavy atom. The molecule has 0 spiro atoms. The van der Waals surface area contributed by atoms with Crippen molar-refractivity contribution in [1.82, 2.24) is 10.2 Å². The number of nitrogens with one attached hydrogen (secondary N) is 1. The van der Waals surface area contributed by atoms with Crippen molar-refractivity contribution in [2.45, 2.75) is 30.6 Å². The average Bonchev–Trinajstić information content (AvgIpc) is 2.74. The zero-order valence-electron chi connectivity index (χ0n) is 15.8. The molecule has 0 bridgehead atoms. The topological polar surface area (TPSA) is 128 Å². The predicted octanol–water partition coefficient (Wildman–Crippen LogP) is 0.924. The smallest absolute Gasteiger partial charge is 0.340 e. The van der Waals surface area contributed by atoms with Crippen LogP contribution in [-0.2, 0) is 29.0 Å². The van der Waals surface area contributed by atoms with Crippen LogP contribution in [0.1, 0.15) is 18.5 Å².